The van der Waals surface area contributed by atoms with E-state index in [1.165, 1.54) is 21.9 Å². The van der Waals surface area contributed by atoms with Crippen LogP contribution in [0.3, 0.4) is 0 Å². The van der Waals surface area contributed by atoms with Crippen molar-refractivity contribution >= 4 is 43.9 Å². The average Bonchev–Trinajstić information content (AvgIpc) is 3.74. The van der Waals surface area contributed by atoms with E-state index in [0.29, 0.717) is 11.4 Å². The smallest absolute Gasteiger partial charge is 0.180 e. The molecule has 0 aliphatic heterocycles. The molecule has 10 aromatic rings. The van der Waals surface area contributed by atoms with Crippen molar-refractivity contribution < 1.29 is 4.42 Å². The van der Waals surface area contributed by atoms with Crippen LogP contribution in [0.2, 0.25) is 0 Å². The van der Waals surface area contributed by atoms with Gasteiger partial charge in [0.25, 0.3) is 0 Å². The van der Waals surface area contributed by atoms with Gasteiger partial charge in [0.2, 0.25) is 0 Å². The van der Waals surface area contributed by atoms with Crippen molar-refractivity contribution in [2.75, 3.05) is 0 Å². The zero-order valence-corrected chi connectivity index (χ0v) is 27.9. The topological polar surface area (TPSA) is 43.9 Å². The van der Waals surface area contributed by atoms with Gasteiger partial charge in [-0.05, 0) is 60.0 Å². The maximum absolute atomic E-state index is 6.62. The largest absolute Gasteiger partial charge is 0.452 e. The van der Waals surface area contributed by atoms with E-state index in [1.807, 2.05) is 36.4 Å². The van der Waals surface area contributed by atoms with E-state index in [0.717, 1.165) is 66.8 Å². The molecule has 0 aliphatic carbocycles. The summed E-state index contributed by atoms with van der Waals surface area (Å²) in [5, 5.41) is 3.47. The summed E-state index contributed by atoms with van der Waals surface area (Å²) in [6, 6.07) is 59.6. The second-order valence-corrected chi connectivity index (χ2v) is 13.0. The van der Waals surface area contributed by atoms with Crippen LogP contribution >= 0.6 is 0 Å². The third-order valence-corrected chi connectivity index (χ3v) is 9.93. The molecule has 3 heterocycles. The summed E-state index contributed by atoms with van der Waals surface area (Å²) in [6.07, 6.45) is 0. The molecule has 0 saturated heterocycles. The number of furan rings is 1. The molecular weight excluding hydrogens is 623 g/mol. The van der Waals surface area contributed by atoms with Crippen LogP contribution in [-0.2, 0) is 0 Å². The van der Waals surface area contributed by atoms with Gasteiger partial charge in [-0.25, -0.2) is 9.97 Å². The van der Waals surface area contributed by atoms with Gasteiger partial charge < -0.3 is 8.98 Å². The molecule has 7 aromatic carbocycles. The number of para-hydroxylation sites is 2. The van der Waals surface area contributed by atoms with Gasteiger partial charge in [-0.3, -0.25) is 0 Å². The van der Waals surface area contributed by atoms with Crippen molar-refractivity contribution in [3.63, 3.8) is 0 Å². The highest BCUT2D eigenvalue weighted by Gasteiger charge is 2.24. The molecule has 3 aromatic heterocycles. The Labute approximate surface area is 294 Å². The highest BCUT2D eigenvalue weighted by molar-refractivity contribution is 6.13. The van der Waals surface area contributed by atoms with E-state index in [2.05, 4.69) is 145 Å². The molecule has 0 amide bonds. The summed E-state index contributed by atoms with van der Waals surface area (Å²) < 4.78 is 9.08. The first-order valence-corrected chi connectivity index (χ1v) is 17.3. The zero-order chi connectivity index (χ0) is 33.9. The van der Waals surface area contributed by atoms with Crippen molar-refractivity contribution in [3.8, 4) is 50.6 Å². The van der Waals surface area contributed by atoms with Gasteiger partial charge in [0.15, 0.2) is 11.4 Å². The molecule has 0 radical (unpaired) electrons. The molecule has 10 rings (SSSR count). The minimum absolute atomic E-state index is 0.661. The third-order valence-electron chi connectivity index (χ3n) is 9.93. The Morgan fingerprint density at radius 2 is 1.06 bits per heavy atom. The van der Waals surface area contributed by atoms with Crippen molar-refractivity contribution in [3.05, 3.63) is 175 Å². The Morgan fingerprint density at radius 1 is 0.490 bits per heavy atom. The first-order chi connectivity index (χ1) is 25.2. The summed E-state index contributed by atoms with van der Waals surface area (Å²) in [5.41, 5.74) is 14.1. The van der Waals surface area contributed by atoms with Gasteiger partial charge in [0, 0.05) is 38.4 Å². The lowest BCUT2D eigenvalue weighted by Crippen LogP contribution is -2.02. The monoisotopic (exact) mass is 653 g/mol. The molecular formula is C47H31N3O. The molecule has 4 nitrogen and oxygen atoms in total. The van der Waals surface area contributed by atoms with Gasteiger partial charge in [0.05, 0.1) is 16.7 Å². The standard InChI is InChI=1S/C47H31N3O/c1-30-16-15-26-40-42(30)35-23-11-13-25-39(35)50(40)45-37(31-17-5-2-6-18-31)28-34(29-38(45)32-19-7-3-8-20-32)43-46-44(36-24-12-14-27-41(36)51-46)49-47(48-43)33-21-9-4-10-22-33/h2-29H,1H3. The Balaban J connectivity index is 1.38. The fourth-order valence-corrected chi connectivity index (χ4v) is 7.63. The molecule has 0 atom stereocenters. The van der Waals surface area contributed by atoms with Crippen LogP contribution in [0.25, 0.3) is 94.5 Å². The number of hydrogen-bond acceptors (Lipinski definition) is 3. The second-order valence-electron chi connectivity index (χ2n) is 13.0. The van der Waals surface area contributed by atoms with Crippen molar-refractivity contribution in [2.24, 2.45) is 0 Å². The van der Waals surface area contributed by atoms with Gasteiger partial charge in [-0.15, -0.1) is 0 Å². The average molecular weight is 654 g/mol. The van der Waals surface area contributed by atoms with Crippen LogP contribution in [0.4, 0.5) is 0 Å². The van der Waals surface area contributed by atoms with Crippen LogP contribution in [0.1, 0.15) is 5.56 Å². The molecule has 0 saturated carbocycles. The maximum Gasteiger partial charge on any atom is 0.180 e. The molecule has 0 bridgehead atoms. The normalized spacial score (nSPS) is 11.6. The Hall–Kier alpha value is -6.78. The molecule has 0 unspecified atom stereocenters. The maximum atomic E-state index is 6.62. The second kappa shape index (κ2) is 11.7. The molecule has 0 fully saturated rings. The van der Waals surface area contributed by atoms with Crippen LogP contribution in [0, 0.1) is 6.92 Å². The lowest BCUT2D eigenvalue weighted by Gasteiger charge is -2.21. The van der Waals surface area contributed by atoms with Crippen LogP contribution < -0.4 is 0 Å². The van der Waals surface area contributed by atoms with Crippen molar-refractivity contribution in [1.82, 2.24) is 14.5 Å². The van der Waals surface area contributed by atoms with Crippen LogP contribution in [-0.4, -0.2) is 14.5 Å². The minimum atomic E-state index is 0.661. The lowest BCUT2D eigenvalue weighted by molar-refractivity contribution is 0.667. The number of nitrogens with zero attached hydrogens (tertiary/aromatic N) is 3. The summed E-state index contributed by atoms with van der Waals surface area (Å²) in [5.74, 6) is 0.661. The minimum Gasteiger partial charge on any atom is -0.452 e. The van der Waals surface area contributed by atoms with Crippen LogP contribution in [0.5, 0.6) is 0 Å². The number of aromatic nitrogens is 3. The summed E-state index contributed by atoms with van der Waals surface area (Å²) in [4.78, 5) is 10.4. The predicted octanol–water partition coefficient (Wildman–Crippen LogP) is 12.4. The van der Waals surface area contributed by atoms with E-state index in [-0.39, 0.29) is 0 Å². The number of fused-ring (bicyclic) bond motifs is 6. The highest BCUT2D eigenvalue weighted by Crippen LogP contribution is 2.45. The fourth-order valence-electron chi connectivity index (χ4n) is 7.63. The summed E-state index contributed by atoms with van der Waals surface area (Å²) >= 11 is 0. The first kappa shape index (κ1) is 29.2. The fraction of sp³-hybridized carbons (Fsp3) is 0.0213. The molecule has 0 N–H and O–H groups in total. The molecule has 51 heavy (non-hydrogen) atoms. The Kier molecular flexibility index (Phi) is 6.68. The molecule has 0 aliphatic rings. The van der Waals surface area contributed by atoms with Gasteiger partial charge in [-0.1, -0.05) is 133 Å². The lowest BCUT2D eigenvalue weighted by atomic mass is 9.91. The SMILES string of the molecule is Cc1cccc2c1c1ccccc1n2-c1c(-c2ccccc2)cc(-c2nc(-c3ccccc3)nc3c2oc2ccccc23)cc1-c1ccccc1. The molecule has 240 valence electrons. The van der Waals surface area contributed by atoms with Crippen molar-refractivity contribution in [2.45, 2.75) is 6.92 Å². The number of hydrogen-bond donors (Lipinski definition) is 0. The summed E-state index contributed by atoms with van der Waals surface area (Å²) in [7, 11) is 0. The predicted molar refractivity (Wildman–Crippen MR) is 210 cm³/mol. The number of aryl methyl sites for hydroxylation is 1. The van der Waals surface area contributed by atoms with E-state index >= 15 is 0 Å². The van der Waals surface area contributed by atoms with E-state index < -0.39 is 0 Å². The van der Waals surface area contributed by atoms with Gasteiger partial charge in [-0.2, -0.15) is 0 Å². The van der Waals surface area contributed by atoms with E-state index in [4.69, 9.17) is 14.4 Å². The molecule has 4 heteroatoms. The Morgan fingerprint density at radius 3 is 1.75 bits per heavy atom. The molecule has 0 spiro atoms. The number of benzene rings is 7. The summed E-state index contributed by atoms with van der Waals surface area (Å²) in [6.45, 7) is 2.20. The quantitative estimate of drug-likeness (QED) is 0.186. The zero-order valence-electron chi connectivity index (χ0n) is 27.9. The van der Waals surface area contributed by atoms with Gasteiger partial charge in [0.1, 0.15) is 16.8 Å². The van der Waals surface area contributed by atoms with E-state index in [1.54, 1.807) is 0 Å². The van der Waals surface area contributed by atoms with E-state index in [9.17, 15) is 0 Å². The highest BCUT2D eigenvalue weighted by atomic mass is 16.3. The Bertz CT molecular complexity index is 2840. The third kappa shape index (κ3) is 4.68. The van der Waals surface area contributed by atoms with Gasteiger partial charge >= 0.3 is 0 Å². The van der Waals surface area contributed by atoms with Crippen LogP contribution in [0.15, 0.2) is 174 Å². The van der Waals surface area contributed by atoms with Crippen molar-refractivity contribution in [1.29, 1.82) is 0 Å². The number of rotatable bonds is 5. The first-order valence-electron chi connectivity index (χ1n) is 17.3.